The highest BCUT2D eigenvalue weighted by Gasteiger charge is 2.60. The second-order valence-electron chi connectivity index (χ2n) is 9.82. The molecule has 1 heterocycles. The first kappa shape index (κ1) is 16.7. The van der Waals surface area contributed by atoms with Crippen LogP contribution in [0.3, 0.4) is 0 Å². The Kier molecular flexibility index (Phi) is 3.89. The Morgan fingerprint density at radius 1 is 1.08 bits per heavy atom. The van der Waals surface area contributed by atoms with Crippen LogP contribution in [0.15, 0.2) is 12.7 Å². The second kappa shape index (κ2) is 5.61. The van der Waals surface area contributed by atoms with E-state index in [0.29, 0.717) is 22.8 Å². The molecule has 0 N–H and O–H groups in total. The van der Waals surface area contributed by atoms with E-state index >= 15 is 0 Å². The fourth-order valence-corrected chi connectivity index (χ4v) is 7.85. The summed E-state index contributed by atoms with van der Waals surface area (Å²) in [7, 11) is 2.06. The molecule has 3 saturated carbocycles. The maximum Gasteiger partial charge on any atom is 0.222 e. The fraction of sp³-hybridized carbons (Fsp3) is 0.864. The summed E-state index contributed by atoms with van der Waals surface area (Å²) in [5, 5.41) is 0. The lowest BCUT2D eigenvalue weighted by Crippen LogP contribution is -2.61. The molecule has 0 aromatic carbocycles. The minimum atomic E-state index is 0.365. The molecule has 7 atom stereocenters. The Balaban J connectivity index is 1.62. The van der Waals surface area contributed by atoms with Crippen molar-refractivity contribution in [1.82, 2.24) is 4.90 Å². The monoisotopic (exact) mass is 329 g/mol. The largest absolute Gasteiger partial charge is 0.342 e. The number of rotatable bonds is 2. The van der Waals surface area contributed by atoms with E-state index in [1.807, 2.05) is 0 Å². The van der Waals surface area contributed by atoms with Gasteiger partial charge in [-0.25, -0.2) is 0 Å². The van der Waals surface area contributed by atoms with Crippen molar-refractivity contribution in [2.75, 3.05) is 7.05 Å². The van der Waals surface area contributed by atoms with E-state index in [-0.39, 0.29) is 0 Å². The fourth-order valence-electron chi connectivity index (χ4n) is 7.85. The molecule has 1 aliphatic heterocycles. The van der Waals surface area contributed by atoms with E-state index in [2.05, 4.69) is 38.5 Å². The number of piperidine rings is 1. The average molecular weight is 330 g/mol. The van der Waals surface area contributed by atoms with Gasteiger partial charge >= 0.3 is 0 Å². The van der Waals surface area contributed by atoms with Gasteiger partial charge < -0.3 is 4.90 Å². The van der Waals surface area contributed by atoms with E-state index in [1.165, 1.54) is 44.9 Å². The third-order valence-corrected chi connectivity index (χ3v) is 9.20. The third kappa shape index (κ3) is 2.10. The van der Waals surface area contributed by atoms with Gasteiger partial charge in [0.25, 0.3) is 0 Å². The number of fused-ring (bicyclic) bond motifs is 5. The van der Waals surface area contributed by atoms with Crippen molar-refractivity contribution >= 4 is 5.91 Å². The topological polar surface area (TPSA) is 20.3 Å². The Morgan fingerprint density at radius 2 is 1.83 bits per heavy atom. The summed E-state index contributed by atoms with van der Waals surface area (Å²) in [6.07, 6.45) is 13.5. The van der Waals surface area contributed by atoms with Crippen LogP contribution in [0.1, 0.15) is 71.6 Å². The highest BCUT2D eigenvalue weighted by atomic mass is 16.2. The van der Waals surface area contributed by atoms with Gasteiger partial charge in [0.05, 0.1) is 0 Å². The number of carbonyl (C=O) groups excluding carboxylic acids is 1. The van der Waals surface area contributed by atoms with Gasteiger partial charge in [-0.1, -0.05) is 19.9 Å². The molecule has 4 rings (SSSR count). The van der Waals surface area contributed by atoms with Crippen molar-refractivity contribution in [2.24, 2.45) is 34.5 Å². The number of carbonyl (C=O) groups is 1. The SMILES string of the molecule is C=CCC1CC[C@H]2[C@@H]3CCC4N(C)C(=O)CC[C@]4(C)[C@@H]3CC[C@]12C. The van der Waals surface area contributed by atoms with Crippen molar-refractivity contribution in [1.29, 1.82) is 0 Å². The van der Waals surface area contributed by atoms with Gasteiger partial charge in [-0.15, -0.1) is 6.58 Å². The molecular weight excluding hydrogens is 294 g/mol. The zero-order valence-electron chi connectivity index (χ0n) is 15.9. The van der Waals surface area contributed by atoms with Gasteiger partial charge in [-0.2, -0.15) is 0 Å². The Labute approximate surface area is 148 Å². The van der Waals surface area contributed by atoms with Crippen molar-refractivity contribution in [3.05, 3.63) is 12.7 Å². The summed E-state index contributed by atoms with van der Waals surface area (Å²) in [5.41, 5.74) is 0.915. The van der Waals surface area contributed by atoms with E-state index in [1.54, 1.807) is 0 Å². The van der Waals surface area contributed by atoms with E-state index in [9.17, 15) is 4.79 Å². The molecular formula is C22H35NO. The smallest absolute Gasteiger partial charge is 0.222 e. The quantitative estimate of drug-likeness (QED) is 0.650. The first-order chi connectivity index (χ1) is 11.4. The zero-order valence-corrected chi connectivity index (χ0v) is 15.9. The lowest BCUT2D eigenvalue weighted by molar-refractivity contribution is -0.158. The summed E-state index contributed by atoms with van der Waals surface area (Å²) in [4.78, 5) is 14.3. The molecule has 2 nitrogen and oxygen atoms in total. The lowest BCUT2D eigenvalue weighted by Gasteiger charge is -2.61. The maximum atomic E-state index is 12.2. The predicted octanol–water partition coefficient (Wildman–Crippen LogP) is 5.04. The van der Waals surface area contributed by atoms with Gasteiger partial charge in [0.15, 0.2) is 0 Å². The number of nitrogens with zero attached hydrogens (tertiary/aromatic N) is 1. The second-order valence-corrected chi connectivity index (χ2v) is 9.82. The molecule has 4 fully saturated rings. The van der Waals surface area contributed by atoms with Crippen molar-refractivity contribution < 1.29 is 4.79 Å². The van der Waals surface area contributed by atoms with Gasteiger partial charge in [0.2, 0.25) is 5.91 Å². The minimum absolute atomic E-state index is 0.365. The highest BCUT2D eigenvalue weighted by Crippen LogP contribution is 2.66. The summed E-state index contributed by atoms with van der Waals surface area (Å²) < 4.78 is 0. The van der Waals surface area contributed by atoms with Crippen LogP contribution in [0.5, 0.6) is 0 Å². The molecule has 2 unspecified atom stereocenters. The summed E-state index contributed by atoms with van der Waals surface area (Å²) in [5.74, 6) is 3.90. The van der Waals surface area contributed by atoms with Crippen molar-refractivity contribution in [2.45, 2.75) is 77.7 Å². The Morgan fingerprint density at radius 3 is 2.58 bits per heavy atom. The number of amides is 1. The molecule has 2 heteroatoms. The standard InChI is InChI=1S/C22H35NO/c1-5-6-15-7-9-17-16-8-10-19-22(3,14-12-20(24)23(19)4)18(16)11-13-21(15,17)2/h5,15-19H,1,6-14H2,2-4H3/t15?,16-,17-,18+,19?,21+,22+/m0/s1. The first-order valence-corrected chi connectivity index (χ1v) is 10.3. The van der Waals surface area contributed by atoms with Crippen molar-refractivity contribution in [3.8, 4) is 0 Å². The van der Waals surface area contributed by atoms with Crippen LogP contribution in [-0.4, -0.2) is 23.9 Å². The van der Waals surface area contributed by atoms with Crippen LogP contribution in [0.4, 0.5) is 0 Å². The first-order valence-electron chi connectivity index (χ1n) is 10.3. The van der Waals surface area contributed by atoms with Crippen LogP contribution >= 0.6 is 0 Å². The maximum absolute atomic E-state index is 12.2. The van der Waals surface area contributed by atoms with E-state index in [4.69, 9.17) is 0 Å². The van der Waals surface area contributed by atoms with E-state index < -0.39 is 0 Å². The van der Waals surface area contributed by atoms with Crippen LogP contribution in [0.2, 0.25) is 0 Å². The molecule has 4 aliphatic rings. The zero-order chi connectivity index (χ0) is 17.1. The van der Waals surface area contributed by atoms with Crippen LogP contribution in [0.25, 0.3) is 0 Å². The number of allylic oxidation sites excluding steroid dienone is 1. The number of hydrogen-bond acceptors (Lipinski definition) is 1. The Hall–Kier alpha value is -0.790. The molecule has 0 aromatic rings. The molecule has 24 heavy (non-hydrogen) atoms. The summed E-state index contributed by atoms with van der Waals surface area (Å²) >= 11 is 0. The highest BCUT2D eigenvalue weighted by molar-refractivity contribution is 5.77. The van der Waals surface area contributed by atoms with Gasteiger partial charge in [0, 0.05) is 19.5 Å². The summed E-state index contributed by atoms with van der Waals surface area (Å²) in [6, 6.07) is 0.495. The van der Waals surface area contributed by atoms with Crippen molar-refractivity contribution in [3.63, 3.8) is 0 Å². The molecule has 3 aliphatic carbocycles. The van der Waals surface area contributed by atoms with Crippen LogP contribution in [0, 0.1) is 34.5 Å². The molecule has 0 bridgehead atoms. The van der Waals surface area contributed by atoms with Gasteiger partial charge in [0.1, 0.15) is 0 Å². The van der Waals surface area contributed by atoms with E-state index in [0.717, 1.165) is 36.5 Å². The molecule has 1 amide bonds. The normalized spacial score (nSPS) is 50.9. The van der Waals surface area contributed by atoms with Crippen LogP contribution < -0.4 is 0 Å². The van der Waals surface area contributed by atoms with Gasteiger partial charge in [-0.05, 0) is 85.9 Å². The average Bonchev–Trinajstić information content (AvgIpc) is 2.89. The lowest BCUT2D eigenvalue weighted by atomic mass is 9.46. The third-order valence-electron chi connectivity index (χ3n) is 9.20. The Bertz CT molecular complexity index is 542. The number of likely N-dealkylation sites (tertiary alicyclic amines) is 1. The molecule has 0 aromatic heterocycles. The number of hydrogen-bond donors (Lipinski definition) is 0. The van der Waals surface area contributed by atoms with Crippen LogP contribution in [-0.2, 0) is 4.79 Å². The molecule has 0 spiro atoms. The molecule has 1 saturated heterocycles. The minimum Gasteiger partial charge on any atom is -0.342 e. The predicted molar refractivity (Wildman–Crippen MR) is 98.5 cm³/mol. The summed E-state index contributed by atoms with van der Waals surface area (Å²) in [6.45, 7) is 9.14. The van der Waals surface area contributed by atoms with Gasteiger partial charge in [-0.3, -0.25) is 4.79 Å². The molecule has 0 radical (unpaired) electrons. The molecule has 134 valence electrons.